The zero-order valence-electron chi connectivity index (χ0n) is 11.0. The SMILES string of the molecule is O=C(NC1c2ccccc2CC1O)c1cccc(F)c1Cl. The second kappa shape index (κ2) is 5.47. The van der Waals surface area contributed by atoms with Crippen LogP contribution < -0.4 is 5.32 Å². The van der Waals surface area contributed by atoms with E-state index in [1.165, 1.54) is 18.2 Å². The molecule has 1 amide bonds. The molecule has 5 heteroatoms. The molecule has 21 heavy (non-hydrogen) atoms. The molecule has 2 aromatic carbocycles. The molecule has 0 bridgehead atoms. The lowest BCUT2D eigenvalue weighted by Gasteiger charge is -2.18. The van der Waals surface area contributed by atoms with Crippen LogP contribution in [0.25, 0.3) is 0 Å². The molecule has 2 N–H and O–H groups in total. The molecule has 3 nitrogen and oxygen atoms in total. The highest BCUT2D eigenvalue weighted by Gasteiger charge is 2.32. The summed E-state index contributed by atoms with van der Waals surface area (Å²) in [7, 11) is 0. The van der Waals surface area contributed by atoms with E-state index in [1.807, 2.05) is 24.3 Å². The van der Waals surface area contributed by atoms with Gasteiger partial charge in [-0.15, -0.1) is 0 Å². The molecule has 0 radical (unpaired) electrons. The zero-order chi connectivity index (χ0) is 15.0. The topological polar surface area (TPSA) is 49.3 Å². The average molecular weight is 306 g/mol. The summed E-state index contributed by atoms with van der Waals surface area (Å²) in [5, 5.41) is 12.6. The number of nitrogens with one attached hydrogen (secondary N) is 1. The van der Waals surface area contributed by atoms with Crippen LogP contribution in [0.3, 0.4) is 0 Å². The predicted molar refractivity (Wildman–Crippen MR) is 77.8 cm³/mol. The molecule has 3 rings (SSSR count). The van der Waals surface area contributed by atoms with E-state index in [9.17, 15) is 14.3 Å². The Balaban J connectivity index is 1.87. The molecule has 0 aliphatic heterocycles. The first-order valence-corrected chi connectivity index (χ1v) is 6.96. The van der Waals surface area contributed by atoms with Gasteiger partial charge < -0.3 is 10.4 Å². The van der Waals surface area contributed by atoms with E-state index in [1.54, 1.807) is 0 Å². The quantitative estimate of drug-likeness (QED) is 0.896. The highest BCUT2D eigenvalue weighted by molar-refractivity contribution is 6.34. The van der Waals surface area contributed by atoms with Crippen molar-refractivity contribution in [2.75, 3.05) is 0 Å². The van der Waals surface area contributed by atoms with Gasteiger partial charge in [0.15, 0.2) is 0 Å². The van der Waals surface area contributed by atoms with E-state index < -0.39 is 23.9 Å². The second-order valence-corrected chi connectivity index (χ2v) is 5.40. The molecule has 2 atom stereocenters. The number of carbonyl (C=O) groups excluding carboxylic acids is 1. The van der Waals surface area contributed by atoms with Crippen molar-refractivity contribution >= 4 is 17.5 Å². The molecule has 0 spiro atoms. The van der Waals surface area contributed by atoms with Crippen LogP contribution in [0.4, 0.5) is 4.39 Å². The molecule has 0 saturated heterocycles. The van der Waals surface area contributed by atoms with Gasteiger partial charge in [0, 0.05) is 6.42 Å². The summed E-state index contributed by atoms with van der Waals surface area (Å²) in [5.41, 5.74) is 1.94. The Morgan fingerprint density at radius 2 is 2.00 bits per heavy atom. The Bertz CT molecular complexity index is 704. The standard InChI is InChI=1S/C16H13ClFNO2/c17-14-11(6-3-7-12(14)18)16(21)19-15-10-5-2-1-4-9(10)8-13(15)20/h1-7,13,15,20H,8H2,(H,19,21). The summed E-state index contributed by atoms with van der Waals surface area (Å²) in [6.45, 7) is 0. The van der Waals surface area contributed by atoms with Crippen molar-refractivity contribution in [2.24, 2.45) is 0 Å². The van der Waals surface area contributed by atoms with E-state index in [-0.39, 0.29) is 10.6 Å². The second-order valence-electron chi connectivity index (χ2n) is 5.02. The minimum Gasteiger partial charge on any atom is -0.390 e. The Morgan fingerprint density at radius 1 is 1.24 bits per heavy atom. The van der Waals surface area contributed by atoms with E-state index in [4.69, 9.17) is 11.6 Å². The predicted octanol–water partition coefficient (Wildman–Crippen LogP) is 2.87. The first-order chi connectivity index (χ1) is 10.1. The van der Waals surface area contributed by atoms with Crippen LogP contribution in [-0.2, 0) is 6.42 Å². The minimum absolute atomic E-state index is 0.0632. The fourth-order valence-electron chi connectivity index (χ4n) is 2.65. The van der Waals surface area contributed by atoms with Gasteiger partial charge in [0.25, 0.3) is 5.91 Å². The van der Waals surface area contributed by atoms with Crippen LogP contribution in [0.15, 0.2) is 42.5 Å². The number of rotatable bonds is 2. The maximum absolute atomic E-state index is 13.4. The van der Waals surface area contributed by atoms with E-state index in [0.29, 0.717) is 6.42 Å². The lowest BCUT2D eigenvalue weighted by Crippen LogP contribution is -2.34. The smallest absolute Gasteiger partial charge is 0.253 e. The molecule has 2 aromatic rings. The van der Waals surface area contributed by atoms with Gasteiger partial charge in [0.05, 0.1) is 22.7 Å². The van der Waals surface area contributed by atoms with Crippen LogP contribution in [0.2, 0.25) is 5.02 Å². The molecular formula is C16H13ClFNO2. The number of fused-ring (bicyclic) bond motifs is 1. The van der Waals surface area contributed by atoms with Gasteiger partial charge in [-0.2, -0.15) is 0 Å². The van der Waals surface area contributed by atoms with Crippen LogP contribution in [-0.4, -0.2) is 17.1 Å². The monoisotopic (exact) mass is 305 g/mol. The summed E-state index contributed by atoms with van der Waals surface area (Å²) in [4.78, 5) is 12.3. The van der Waals surface area contributed by atoms with E-state index in [0.717, 1.165) is 11.1 Å². The van der Waals surface area contributed by atoms with Crippen molar-refractivity contribution in [3.8, 4) is 0 Å². The normalized spacial score (nSPS) is 20.1. The van der Waals surface area contributed by atoms with Gasteiger partial charge in [-0.1, -0.05) is 41.9 Å². The van der Waals surface area contributed by atoms with Crippen molar-refractivity contribution in [2.45, 2.75) is 18.6 Å². The Hall–Kier alpha value is -1.91. The highest BCUT2D eigenvalue weighted by Crippen LogP contribution is 2.32. The zero-order valence-corrected chi connectivity index (χ0v) is 11.8. The van der Waals surface area contributed by atoms with Crippen molar-refractivity contribution in [1.29, 1.82) is 0 Å². The summed E-state index contributed by atoms with van der Waals surface area (Å²) < 4.78 is 13.4. The molecule has 0 heterocycles. The van der Waals surface area contributed by atoms with Gasteiger partial charge in [0.1, 0.15) is 5.82 Å². The molecule has 108 valence electrons. The number of benzene rings is 2. The molecular weight excluding hydrogens is 293 g/mol. The third kappa shape index (κ3) is 2.52. The number of aliphatic hydroxyl groups excluding tert-OH is 1. The molecule has 0 aromatic heterocycles. The van der Waals surface area contributed by atoms with Gasteiger partial charge in [-0.3, -0.25) is 4.79 Å². The molecule has 1 aliphatic carbocycles. The van der Waals surface area contributed by atoms with Gasteiger partial charge in [0.2, 0.25) is 0 Å². The minimum atomic E-state index is -0.696. The highest BCUT2D eigenvalue weighted by atomic mass is 35.5. The number of carbonyl (C=O) groups is 1. The number of hydrogen-bond donors (Lipinski definition) is 2. The molecule has 0 fully saturated rings. The Kier molecular flexibility index (Phi) is 3.66. The van der Waals surface area contributed by atoms with Gasteiger partial charge in [-0.25, -0.2) is 4.39 Å². The van der Waals surface area contributed by atoms with Crippen molar-refractivity contribution in [1.82, 2.24) is 5.32 Å². The maximum atomic E-state index is 13.4. The molecule has 0 saturated carbocycles. The van der Waals surface area contributed by atoms with Crippen LogP contribution in [0.5, 0.6) is 0 Å². The summed E-state index contributed by atoms with van der Waals surface area (Å²) >= 11 is 5.81. The third-order valence-electron chi connectivity index (χ3n) is 3.69. The first-order valence-electron chi connectivity index (χ1n) is 6.58. The van der Waals surface area contributed by atoms with Gasteiger partial charge in [-0.05, 0) is 23.3 Å². The van der Waals surface area contributed by atoms with Gasteiger partial charge >= 0.3 is 0 Å². The number of amides is 1. The lowest BCUT2D eigenvalue weighted by molar-refractivity contribution is 0.0858. The third-order valence-corrected chi connectivity index (χ3v) is 4.07. The van der Waals surface area contributed by atoms with Crippen molar-refractivity contribution in [3.63, 3.8) is 0 Å². The fraction of sp³-hybridized carbons (Fsp3) is 0.188. The molecule has 1 aliphatic rings. The van der Waals surface area contributed by atoms with E-state index >= 15 is 0 Å². The average Bonchev–Trinajstić information content (AvgIpc) is 2.78. The van der Waals surface area contributed by atoms with Crippen LogP contribution >= 0.6 is 11.6 Å². The van der Waals surface area contributed by atoms with Crippen molar-refractivity contribution in [3.05, 3.63) is 70.0 Å². The maximum Gasteiger partial charge on any atom is 0.253 e. The Labute approximate surface area is 126 Å². The van der Waals surface area contributed by atoms with Crippen LogP contribution in [0.1, 0.15) is 27.5 Å². The Morgan fingerprint density at radius 3 is 2.81 bits per heavy atom. The number of hydrogen-bond acceptors (Lipinski definition) is 2. The number of halogens is 2. The summed E-state index contributed by atoms with van der Waals surface area (Å²) in [6, 6.07) is 11.1. The fourth-order valence-corrected chi connectivity index (χ4v) is 2.86. The largest absolute Gasteiger partial charge is 0.390 e. The lowest BCUT2D eigenvalue weighted by atomic mass is 10.1. The van der Waals surface area contributed by atoms with Crippen LogP contribution in [0, 0.1) is 5.82 Å². The summed E-state index contributed by atoms with van der Waals surface area (Å²) in [6.07, 6.45) is -0.212. The number of aliphatic hydroxyl groups is 1. The van der Waals surface area contributed by atoms with E-state index in [2.05, 4.69) is 5.32 Å². The van der Waals surface area contributed by atoms with Crippen molar-refractivity contribution < 1.29 is 14.3 Å². The first kappa shape index (κ1) is 14.0. The molecule has 2 unspecified atom stereocenters. The summed E-state index contributed by atoms with van der Waals surface area (Å²) in [5.74, 6) is -1.14.